The molecule has 28 heavy (non-hydrogen) atoms. The number of hydrogen-bond donors (Lipinski definition) is 0. The van der Waals surface area contributed by atoms with E-state index in [0.717, 1.165) is 44.9 Å². The summed E-state index contributed by atoms with van der Waals surface area (Å²) in [5, 5.41) is 4.21. The van der Waals surface area contributed by atoms with Gasteiger partial charge in [0.05, 0.1) is 6.20 Å². The van der Waals surface area contributed by atoms with E-state index >= 15 is 0 Å². The molecular formula is C20H22ClF2N5. The SMILES string of the molecule is Cl.Cn1cc(CN2CCN(c3ncccc3-c3cc(F)ccc3F)CC2)cn1. The zero-order valence-electron chi connectivity index (χ0n) is 15.6. The van der Waals surface area contributed by atoms with Crippen molar-refractivity contribution in [2.24, 2.45) is 7.05 Å². The molecule has 0 unspecified atom stereocenters. The molecule has 0 amide bonds. The maximum atomic E-state index is 14.3. The fourth-order valence-corrected chi connectivity index (χ4v) is 3.49. The number of nitrogens with zero attached hydrogens (tertiary/aromatic N) is 5. The third-order valence-corrected chi connectivity index (χ3v) is 4.84. The Morgan fingerprint density at radius 1 is 1.04 bits per heavy atom. The first-order valence-electron chi connectivity index (χ1n) is 8.95. The summed E-state index contributed by atoms with van der Waals surface area (Å²) in [6.07, 6.45) is 5.60. The Balaban J connectivity index is 0.00000225. The summed E-state index contributed by atoms with van der Waals surface area (Å²) in [4.78, 5) is 8.97. The van der Waals surface area contributed by atoms with Gasteiger partial charge in [-0.2, -0.15) is 5.10 Å². The van der Waals surface area contributed by atoms with Crippen molar-refractivity contribution in [2.75, 3.05) is 31.1 Å². The molecule has 1 fully saturated rings. The first kappa shape index (κ1) is 20.2. The van der Waals surface area contributed by atoms with E-state index < -0.39 is 11.6 Å². The molecule has 1 aliphatic rings. The summed E-state index contributed by atoms with van der Waals surface area (Å²) in [6, 6.07) is 7.07. The summed E-state index contributed by atoms with van der Waals surface area (Å²) in [7, 11) is 1.91. The topological polar surface area (TPSA) is 37.2 Å². The van der Waals surface area contributed by atoms with Crippen LogP contribution in [-0.4, -0.2) is 45.8 Å². The van der Waals surface area contributed by atoms with Gasteiger partial charge < -0.3 is 4.90 Å². The number of pyridine rings is 1. The number of benzene rings is 1. The summed E-state index contributed by atoms with van der Waals surface area (Å²) < 4.78 is 29.7. The van der Waals surface area contributed by atoms with E-state index in [9.17, 15) is 8.78 Å². The first-order valence-corrected chi connectivity index (χ1v) is 8.95. The van der Waals surface area contributed by atoms with Crippen molar-refractivity contribution < 1.29 is 8.78 Å². The Kier molecular flexibility index (Phi) is 6.26. The van der Waals surface area contributed by atoms with Crippen LogP contribution in [0.4, 0.5) is 14.6 Å². The van der Waals surface area contributed by atoms with Crippen molar-refractivity contribution >= 4 is 18.2 Å². The molecule has 1 saturated heterocycles. The zero-order chi connectivity index (χ0) is 18.8. The molecule has 1 aliphatic heterocycles. The number of piperazine rings is 1. The van der Waals surface area contributed by atoms with Crippen molar-refractivity contribution in [3.8, 4) is 11.1 Å². The van der Waals surface area contributed by atoms with Gasteiger partial charge in [-0.1, -0.05) is 0 Å². The van der Waals surface area contributed by atoms with Gasteiger partial charge in [-0.15, -0.1) is 12.4 Å². The molecule has 0 bridgehead atoms. The minimum Gasteiger partial charge on any atom is -0.354 e. The molecule has 0 aliphatic carbocycles. The van der Waals surface area contributed by atoms with E-state index in [1.165, 1.54) is 11.6 Å². The van der Waals surface area contributed by atoms with Crippen molar-refractivity contribution in [1.29, 1.82) is 0 Å². The number of hydrogen-bond acceptors (Lipinski definition) is 4. The number of anilines is 1. The molecule has 4 rings (SSSR count). The Hall–Kier alpha value is -2.51. The van der Waals surface area contributed by atoms with Gasteiger partial charge in [-0.25, -0.2) is 13.8 Å². The largest absolute Gasteiger partial charge is 0.354 e. The molecule has 0 spiro atoms. The molecule has 3 heterocycles. The summed E-state index contributed by atoms with van der Waals surface area (Å²) >= 11 is 0. The van der Waals surface area contributed by atoms with Crippen LogP contribution in [0.25, 0.3) is 11.1 Å². The molecule has 3 aromatic rings. The molecule has 5 nitrogen and oxygen atoms in total. The van der Waals surface area contributed by atoms with Crippen LogP contribution in [0.2, 0.25) is 0 Å². The highest BCUT2D eigenvalue weighted by molar-refractivity contribution is 5.85. The van der Waals surface area contributed by atoms with Crippen LogP contribution in [0.5, 0.6) is 0 Å². The first-order chi connectivity index (χ1) is 13.1. The second-order valence-electron chi connectivity index (χ2n) is 6.78. The summed E-state index contributed by atoms with van der Waals surface area (Å²) in [5.74, 6) is -0.202. The molecule has 0 radical (unpaired) electrons. The van der Waals surface area contributed by atoms with Gasteiger partial charge in [0.2, 0.25) is 0 Å². The zero-order valence-corrected chi connectivity index (χ0v) is 16.4. The lowest BCUT2D eigenvalue weighted by atomic mass is 10.0. The lowest BCUT2D eigenvalue weighted by molar-refractivity contribution is 0.249. The Bertz CT molecular complexity index is 938. The van der Waals surface area contributed by atoms with Gasteiger partial charge in [0.15, 0.2) is 0 Å². The third-order valence-electron chi connectivity index (χ3n) is 4.84. The van der Waals surface area contributed by atoms with Crippen molar-refractivity contribution in [3.63, 3.8) is 0 Å². The molecule has 8 heteroatoms. The van der Waals surface area contributed by atoms with Crippen LogP contribution in [0, 0.1) is 11.6 Å². The molecule has 0 atom stereocenters. The Labute approximate surface area is 169 Å². The second kappa shape index (κ2) is 8.67. The Morgan fingerprint density at radius 2 is 1.82 bits per heavy atom. The molecule has 1 aromatic carbocycles. The lowest BCUT2D eigenvalue weighted by Crippen LogP contribution is -2.46. The van der Waals surface area contributed by atoms with Crippen LogP contribution < -0.4 is 4.90 Å². The monoisotopic (exact) mass is 405 g/mol. The van der Waals surface area contributed by atoms with E-state index in [2.05, 4.69) is 19.9 Å². The predicted molar refractivity (Wildman–Crippen MR) is 108 cm³/mol. The fourth-order valence-electron chi connectivity index (χ4n) is 3.49. The molecule has 0 saturated carbocycles. The lowest BCUT2D eigenvalue weighted by Gasteiger charge is -2.36. The average molecular weight is 406 g/mol. The highest BCUT2D eigenvalue weighted by Gasteiger charge is 2.22. The minimum atomic E-state index is -0.456. The van der Waals surface area contributed by atoms with E-state index in [-0.39, 0.29) is 18.0 Å². The molecule has 148 valence electrons. The van der Waals surface area contributed by atoms with Gasteiger partial charge in [-0.05, 0) is 30.3 Å². The predicted octanol–water partition coefficient (Wildman–Crippen LogP) is 3.50. The van der Waals surface area contributed by atoms with E-state index in [1.54, 1.807) is 23.0 Å². The second-order valence-corrected chi connectivity index (χ2v) is 6.78. The van der Waals surface area contributed by atoms with Crippen LogP contribution in [-0.2, 0) is 13.6 Å². The van der Waals surface area contributed by atoms with E-state index in [0.29, 0.717) is 11.4 Å². The van der Waals surface area contributed by atoms with Gasteiger partial charge in [0.1, 0.15) is 17.5 Å². The maximum Gasteiger partial charge on any atom is 0.136 e. The van der Waals surface area contributed by atoms with Crippen LogP contribution in [0.15, 0.2) is 48.9 Å². The van der Waals surface area contributed by atoms with E-state index in [4.69, 9.17) is 0 Å². The molecule has 2 aromatic heterocycles. The van der Waals surface area contributed by atoms with Gasteiger partial charge >= 0.3 is 0 Å². The van der Waals surface area contributed by atoms with Gasteiger partial charge in [-0.3, -0.25) is 9.58 Å². The highest BCUT2D eigenvalue weighted by Crippen LogP contribution is 2.31. The fraction of sp³-hybridized carbons (Fsp3) is 0.300. The number of aryl methyl sites for hydroxylation is 1. The summed E-state index contributed by atoms with van der Waals surface area (Å²) in [6.45, 7) is 4.16. The van der Waals surface area contributed by atoms with Crippen molar-refractivity contribution in [1.82, 2.24) is 19.7 Å². The van der Waals surface area contributed by atoms with Crippen LogP contribution >= 0.6 is 12.4 Å². The molecule has 0 N–H and O–H groups in total. The van der Waals surface area contributed by atoms with E-state index in [1.807, 2.05) is 19.4 Å². The Morgan fingerprint density at radius 3 is 2.54 bits per heavy atom. The molecular weight excluding hydrogens is 384 g/mol. The normalized spacial score (nSPS) is 14.8. The minimum absolute atomic E-state index is 0. The van der Waals surface area contributed by atoms with Crippen LogP contribution in [0.3, 0.4) is 0 Å². The average Bonchev–Trinajstić information content (AvgIpc) is 3.09. The van der Waals surface area contributed by atoms with Crippen molar-refractivity contribution in [3.05, 3.63) is 66.1 Å². The highest BCUT2D eigenvalue weighted by atomic mass is 35.5. The maximum absolute atomic E-state index is 14.3. The number of rotatable bonds is 4. The number of halogens is 3. The van der Waals surface area contributed by atoms with Gasteiger partial charge in [0.25, 0.3) is 0 Å². The summed E-state index contributed by atoms with van der Waals surface area (Å²) in [5.41, 5.74) is 2.05. The standard InChI is InChI=1S/C20H21F2N5.ClH/c1-25-13-15(12-24-25)14-26-7-9-27(10-8-26)20-17(3-2-6-23-20)18-11-16(21)4-5-19(18)22;/h2-6,11-13H,7-10,14H2,1H3;1H. The third kappa shape index (κ3) is 4.31. The quantitative estimate of drug-likeness (QED) is 0.665. The smallest absolute Gasteiger partial charge is 0.136 e. The van der Waals surface area contributed by atoms with Crippen LogP contribution in [0.1, 0.15) is 5.56 Å². The van der Waals surface area contributed by atoms with Gasteiger partial charge in [0, 0.05) is 68.9 Å². The number of aromatic nitrogens is 3. The van der Waals surface area contributed by atoms with Crippen molar-refractivity contribution in [2.45, 2.75) is 6.54 Å².